The van der Waals surface area contributed by atoms with Gasteiger partial charge in [0.2, 0.25) is 0 Å². The highest BCUT2D eigenvalue weighted by atomic mass is 16.5. The first-order chi connectivity index (χ1) is 10.7. The van der Waals surface area contributed by atoms with E-state index in [-0.39, 0.29) is 5.91 Å². The smallest absolute Gasteiger partial charge is 0.254 e. The number of hydrogen-bond acceptors (Lipinski definition) is 2. The molecule has 1 aliphatic heterocycles. The van der Waals surface area contributed by atoms with Crippen LogP contribution in [0.25, 0.3) is 0 Å². The Morgan fingerprint density at radius 2 is 1.86 bits per heavy atom. The third-order valence-corrected chi connectivity index (χ3v) is 4.44. The van der Waals surface area contributed by atoms with Crippen LogP contribution in [0.5, 0.6) is 5.75 Å². The Kier molecular flexibility index (Phi) is 4.14. The molecule has 22 heavy (non-hydrogen) atoms. The van der Waals surface area contributed by atoms with Gasteiger partial charge in [0, 0.05) is 24.6 Å². The molecule has 1 atom stereocenters. The van der Waals surface area contributed by atoms with E-state index in [9.17, 15) is 4.79 Å². The maximum atomic E-state index is 12.7. The summed E-state index contributed by atoms with van der Waals surface area (Å²) < 4.78 is 5.20. The van der Waals surface area contributed by atoms with Gasteiger partial charge in [0.15, 0.2) is 0 Å². The minimum absolute atomic E-state index is 0.147. The Labute approximate surface area is 131 Å². The second-order valence-electron chi connectivity index (χ2n) is 5.82. The van der Waals surface area contributed by atoms with Crippen LogP contribution in [0.15, 0.2) is 48.5 Å². The first-order valence-electron chi connectivity index (χ1n) is 7.68. The van der Waals surface area contributed by atoms with Crippen LogP contribution in [-0.2, 0) is 0 Å². The molecule has 2 aromatic carbocycles. The minimum Gasteiger partial charge on any atom is -0.497 e. The van der Waals surface area contributed by atoms with Crippen molar-refractivity contribution < 1.29 is 9.53 Å². The van der Waals surface area contributed by atoms with Gasteiger partial charge in [-0.2, -0.15) is 0 Å². The van der Waals surface area contributed by atoms with E-state index in [2.05, 4.69) is 12.1 Å². The number of hydrogen-bond donors (Lipinski definition) is 0. The summed E-state index contributed by atoms with van der Waals surface area (Å²) in [7, 11) is 1.67. The van der Waals surface area contributed by atoms with E-state index in [1.54, 1.807) is 7.11 Å². The van der Waals surface area contributed by atoms with Crippen molar-refractivity contribution in [1.82, 2.24) is 4.90 Å². The zero-order chi connectivity index (χ0) is 15.5. The fraction of sp³-hybridized carbons (Fsp3) is 0.316. The number of likely N-dealkylation sites (tertiary alicyclic amines) is 1. The summed E-state index contributed by atoms with van der Waals surface area (Å²) >= 11 is 0. The van der Waals surface area contributed by atoms with Gasteiger partial charge in [-0.1, -0.05) is 30.3 Å². The maximum Gasteiger partial charge on any atom is 0.254 e. The minimum atomic E-state index is 0.147. The molecule has 1 heterocycles. The van der Waals surface area contributed by atoms with Crippen molar-refractivity contribution >= 4 is 5.91 Å². The molecule has 0 saturated carbocycles. The van der Waals surface area contributed by atoms with Crippen LogP contribution in [0.4, 0.5) is 0 Å². The zero-order valence-electron chi connectivity index (χ0n) is 13.1. The highest BCUT2D eigenvalue weighted by Crippen LogP contribution is 2.29. The fourth-order valence-corrected chi connectivity index (χ4v) is 3.08. The monoisotopic (exact) mass is 295 g/mol. The lowest BCUT2D eigenvalue weighted by molar-refractivity contribution is 0.0790. The van der Waals surface area contributed by atoms with Gasteiger partial charge < -0.3 is 9.64 Å². The first-order valence-corrected chi connectivity index (χ1v) is 7.68. The number of amides is 1. The lowest BCUT2D eigenvalue weighted by atomic mass is 9.98. The van der Waals surface area contributed by atoms with Crippen LogP contribution in [0.1, 0.15) is 33.8 Å². The summed E-state index contributed by atoms with van der Waals surface area (Å²) in [6, 6.07) is 16.0. The summed E-state index contributed by atoms with van der Waals surface area (Å²) in [6.07, 6.45) is 1.02. The second-order valence-corrected chi connectivity index (χ2v) is 5.82. The number of rotatable bonds is 3. The number of carbonyl (C=O) groups is 1. The maximum absolute atomic E-state index is 12.7. The van der Waals surface area contributed by atoms with Gasteiger partial charge in [-0.25, -0.2) is 0 Å². The SMILES string of the molecule is COc1ccc(C2CCN(C(=O)c3ccccc3C)C2)cc1. The lowest BCUT2D eigenvalue weighted by Crippen LogP contribution is -2.29. The summed E-state index contributed by atoms with van der Waals surface area (Å²) in [5.74, 6) is 1.43. The first kappa shape index (κ1) is 14.6. The number of aryl methyl sites for hydroxylation is 1. The van der Waals surface area contributed by atoms with Gasteiger partial charge in [-0.15, -0.1) is 0 Å². The third-order valence-electron chi connectivity index (χ3n) is 4.44. The molecule has 1 fully saturated rings. The molecule has 1 saturated heterocycles. The molecular formula is C19H21NO2. The Balaban J connectivity index is 1.71. The molecule has 0 aliphatic carbocycles. The summed E-state index contributed by atoms with van der Waals surface area (Å²) in [6.45, 7) is 3.60. The summed E-state index contributed by atoms with van der Waals surface area (Å²) in [4.78, 5) is 14.6. The van der Waals surface area contributed by atoms with Gasteiger partial charge in [-0.3, -0.25) is 4.79 Å². The van der Waals surface area contributed by atoms with Crippen LogP contribution in [0, 0.1) is 6.92 Å². The van der Waals surface area contributed by atoms with Crippen LogP contribution in [0.2, 0.25) is 0 Å². The van der Waals surface area contributed by atoms with Crippen molar-refractivity contribution in [3.8, 4) is 5.75 Å². The summed E-state index contributed by atoms with van der Waals surface area (Å²) in [5, 5.41) is 0. The molecule has 0 bridgehead atoms. The van der Waals surface area contributed by atoms with Crippen molar-refractivity contribution in [2.24, 2.45) is 0 Å². The van der Waals surface area contributed by atoms with Crippen LogP contribution >= 0.6 is 0 Å². The fourth-order valence-electron chi connectivity index (χ4n) is 3.08. The predicted octanol–water partition coefficient (Wildman–Crippen LogP) is 3.63. The van der Waals surface area contributed by atoms with E-state index in [1.165, 1.54) is 5.56 Å². The Bertz CT molecular complexity index is 663. The number of benzene rings is 2. The van der Waals surface area contributed by atoms with Crippen molar-refractivity contribution in [3.63, 3.8) is 0 Å². The molecular weight excluding hydrogens is 274 g/mol. The molecule has 1 amide bonds. The summed E-state index contributed by atoms with van der Waals surface area (Å²) in [5.41, 5.74) is 3.14. The van der Waals surface area contributed by atoms with Crippen molar-refractivity contribution in [2.45, 2.75) is 19.3 Å². The Morgan fingerprint density at radius 1 is 1.14 bits per heavy atom. The van der Waals surface area contributed by atoms with E-state index in [4.69, 9.17) is 4.74 Å². The lowest BCUT2D eigenvalue weighted by Gasteiger charge is -2.18. The van der Waals surface area contributed by atoms with E-state index in [1.807, 2.05) is 48.2 Å². The van der Waals surface area contributed by atoms with Gasteiger partial charge in [0.05, 0.1) is 7.11 Å². The highest BCUT2D eigenvalue weighted by Gasteiger charge is 2.28. The number of carbonyl (C=O) groups excluding carboxylic acids is 1. The third kappa shape index (κ3) is 2.84. The molecule has 2 aromatic rings. The van der Waals surface area contributed by atoms with E-state index < -0.39 is 0 Å². The molecule has 0 radical (unpaired) electrons. The van der Waals surface area contributed by atoms with Crippen molar-refractivity contribution in [2.75, 3.05) is 20.2 Å². The number of ether oxygens (including phenoxy) is 1. The molecule has 1 aliphatic rings. The average Bonchev–Trinajstić information content (AvgIpc) is 3.05. The number of nitrogens with zero attached hydrogens (tertiary/aromatic N) is 1. The van der Waals surface area contributed by atoms with Crippen molar-refractivity contribution in [1.29, 1.82) is 0 Å². The molecule has 3 nitrogen and oxygen atoms in total. The van der Waals surface area contributed by atoms with Crippen molar-refractivity contribution in [3.05, 3.63) is 65.2 Å². The average molecular weight is 295 g/mol. The molecule has 0 aromatic heterocycles. The molecule has 1 unspecified atom stereocenters. The quantitative estimate of drug-likeness (QED) is 0.865. The Hall–Kier alpha value is -2.29. The van der Waals surface area contributed by atoms with E-state index in [0.717, 1.165) is 36.4 Å². The molecule has 3 rings (SSSR count). The molecule has 3 heteroatoms. The van der Waals surface area contributed by atoms with Gasteiger partial charge >= 0.3 is 0 Å². The topological polar surface area (TPSA) is 29.5 Å². The predicted molar refractivity (Wildman–Crippen MR) is 87.4 cm³/mol. The molecule has 0 N–H and O–H groups in total. The largest absolute Gasteiger partial charge is 0.497 e. The van der Waals surface area contributed by atoms with Gasteiger partial charge in [0.25, 0.3) is 5.91 Å². The van der Waals surface area contributed by atoms with E-state index >= 15 is 0 Å². The standard InChI is InChI=1S/C19H21NO2/c1-14-5-3-4-6-18(14)19(21)20-12-11-16(13-20)15-7-9-17(22-2)10-8-15/h3-10,16H,11-13H2,1-2H3. The van der Waals surface area contributed by atoms with Gasteiger partial charge in [0.1, 0.15) is 5.75 Å². The number of methoxy groups -OCH3 is 1. The van der Waals surface area contributed by atoms with Crippen LogP contribution in [-0.4, -0.2) is 31.0 Å². The van der Waals surface area contributed by atoms with Crippen LogP contribution in [0.3, 0.4) is 0 Å². The molecule has 114 valence electrons. The zero-order valence-corrected chi connectivity index (χ0v) is 13.1. The van der Waals surface area contributed by atoms with Crippen LogP contribution < -0.4 is 4.74 Å². The molecule has 0 spiro atoms. The highest BCUT2D eigenvalue weighted by molar-refractivity contribution is 5.95. The normalized spacial score (nSPS) is 17.5. The van der Waals surface area contributed by atoms with Gasteiger partial charge in [-0.05, 0) is 42.7 Å². The second kappa shape index (κ2) is 6.22. The Morgan fingerprint density at radius 3 is 2.55 bits per heavy atom. The van der Waals surface area contributed by atoms with E-state index in [0.29, 0.717) is 5.92 Å².